The number of aryl methyl sites for hydroxylation is 1. The van der Waals surface area contributed by atoms with Crippen molar-refractivity contribution in [3.63, 3.8) is 0 Å². The summed E-state index contributed by atoms with van der Waals surface area (Å²) in [7, 11) is 0. The molecule has 0 saturated carbocycles. The first-order chi connectivity index (χ1) is 14.3. The topological polar surface area (TPSA) is 79.0 Å². The quantitative estimate of drug-likeness (QED) is 0.524. The molecule has 0 aliphatic carbocycles. The summed E-state index contributed by atoms with van der Waals surface area (Å²) in [6.45, 7) is 5.66. The molecule has 0 radical (unpaired) electrons. The second-order valence-corrected chi connectivity index (χ2v) is 7.91. The number of ether oxygens (including phenoxy) is 1. The maximum atomic E-state index is 5.46. The van der Waals surface area contributed by atoms with E-state index in [0.29, 0.717) is 19.8 Å². The number of aromatic nitrogens is 4. The molecular formula is C21H22N6OS. The van der Waals surface area contributed by atoms with Gasteiger partial charge in [0.05, 0.1) is 30.8 Å². The van der Waals surface area contributed by atoms with E-state index in [2.05, 4.69) is 38.8 Å². The molecule has 1 aromatic carbocycles. The fourth-order valence-corrected chi connectivity index (χ4v) is 4.27. The van der Waals surface area contributed by atoms with Crippen molar-refractivity contribution in [2.24, 2.45) is 0 Å². The molecule has 4 aromatic rings. The molecule has 3 aromatic heterocycles. The zero-order valence-electron chi connectivity index (χ0n) is 16.2. The monoisotopic (exact) mass is 406 g/mol. The minimum Gasteiger partial charge on any atom is -0.378 e. The van der Waals surface area contributed by atoms with E-state index in [0.717, 1.165) is 57.8 Å². The maximum Gasteiger partial charge on any atom is 0.229 e. The van der Waals surface area contributed by atoms with E-state index in [9.17, 15) is 0 Å². The van der Waals surface area contributed by atoms with E-state index in [1.807, 2.05) is 25.1 Å². The molecule has 1 aliphatic heterocycles. The van der Waals surface area contributed by atoms with Crippen molar-refractivity contribution in [3.05, 3.63) is 53.2 Å². The third kappa shape index (κ3) is 3.81. The van der Waals surface area contributed by atoms with Crippen molar-refractivity contribution in [2.75, 3.05) is 36.5 Å². The number of anilines is 2. The van der Waals surface area contributed by atoms with Crippen molar-refractivity contribution >= 4 is 34.1 Å². The van der Waals surface area contributed by atoms with Gasteiger partial charge in [-0.1, -0.05) is 30.3 Å². The number of fused-ring (bicyclic) bond motifs is 1. The molecule has 1 fully saturated rings. The summed E-state index contributed by atoms with van der Waals surface area (Å²) in [4.78, 5) is 19.8. The fourth-order valence-electron chi connectivity index (χ4n) is 3.44. The van der Waals surface area contributed by atoms with Crippen LogP contribution in [0.15, 0.2) is 41.8 Å². The number of morpholine rings is 1. The van der Waals surface area contributed by atoms with Crippen LogP contribution in [0.5, 0.6) is 0 Å². The van der Waals surface area contributed by atoms with Crippen LogP contribution in [0.3, 0.4) is 0 Å². The van der Waals surface area contributed by atoms with Crippen molar-refractivity contribution in [1.82, 2.24) is 19.9 Å². The lowest BCUT2D eigenvalue weighted by molar-refractivity contribution is 0.122. The third-order valence-electron chi connectivity index (χ3n) is 4.91. The Bertz CT molecular complexity index is 1120. The summed E-state index contributed by atoms with van der Waals surface area (Å²) >= 11 is 1.66. The standard InChI is InChI=1S/C21H22N6OS/c1-14-11-17-18(25-21(26-19(17)23-14)27-7-9-28-10-8-27)22-12-16-13-29-20(24-16)15-5-3-2-4-6-15/h2-6,11,13H,7-10,12H2,1H3,(H2,22,23,25,26). The van der Waals surface area contributed by atoms with E-state index in [1.54, 1.807) is 11.3 Å². The number of H-pyrrole nitrogens is 1. The Morgan fingerprint density at radius 2 is 1.97 bits per heavy atom. The van der Waals surface area contributed by atoms with Crippen LogP contribution in [0.2, 0.25) is 0 Å². The van der Waals surface area contributed by atoms with Gasteiger partial charge in [-0.3, -0.25) is 0 Å². The van der Waals surface area contributed by atoms with Crippen LogP contribution in [-0.2, 0) is 11.3 Å². The number of hydrogen-bond acceptors (Lipinski definition) is 7. The second kappa shape index (κ2) is 7.81. The molecule has 1 aliphatic rings. The van der Waals surface area contributed by atoms with E-state index < -0.39 is 0 Å². The first-order valence-electron chi connectivity index (χ1n) is 9.70. The Hall–Kier alpha value is -2.97. The van der Waals surface area contributed by atoms with Gasteiger partial charge < -0.3 is 19.9 Å². The lowest BCUT2D eigenvalue weighted by Gasteiger charge is -2.27. The van der Waals surface area contributed by atoms with Crippen LogP contribution in [0.4, 0.5) is 11.8 Å². The lowest BCUT2D eigenvalue weighted by Crippen LogP contribution is -2.37. The van der Waals surface area contributed by atoms with Crippen LogP contribution in [0.25, 0.3) is 21.6 Å². The SMILES string of the molecule is Cc1cc2c(NCc3csc(-c4ccccc4)n3)nc(N3CCOCC3)nc2[nH]1. The van der Waals surface area contributed by atoms with Gasteiger partial charge >= 0.3 is 0 Å². The van der Waals surface area contributed by atoms with Crippen molar-refractivity contribution in [3.8, 4) is 10.6 Å². The first-order valence-corrected chi connectivity index (χ1v) is 10.6. The van der Waals surface area contributed by atoms with Crippen LogP contribution >= 0.6 is 11.3 Å². The predicted octanol–water partition coefficient (Wildman–Crippen LogP) is 3.84. The molecule has 5 rings (SSSR count). The Kier molecular flexibility index (Phi) is 4.87. The zero-order chi connectivity index (χ0) is 19.6. The molecule has 4 heterocycles. The van der Waals surface area contributed by atoms with E-state index in [4.69, 9.17) is 19.7 Å². The molecule has 0 atom stereocenters. The highest BCUT2D eigenvalue weighted by molar-refractivity contribution is 7.13. The van der Waals surface area contributed by atoms with E-state index in [1.165, 1.54) is 0 Å². The van der Waals surface area contributed by atoms with E-state index >= 15 is 0 Å². The summed E-state index contributed by atoms with van der Waals surface area (Å²) < 4.78 is 5.46. The van der Waals surface area contributed by atoms with Gasteiger partial charge in [-0.2, -0.15) is 9.97 Å². The van der Waals surface area contributed by atoms with Gasteiger partial charge in [-0.05, 0) is 13.0 Å². The van der Waals surface area contributed by atoms with Gasteiger partial charge in [0, 0.05) is 29.7 Å². The van der Waals surface area contributed by atoms with Crippen LogP contribution in [0, 0.1) is 6.92 Å². The van der Waals surface area contributed by atoms with Gasteiger partial charge in [0.25, 0.3) is 0 Å². The highest BCUT2D eigenvalue weighted by Gasteiger charge is 2.18. The molecule has 0 spiro atoms. The molecule has 2 N–H and O–H groups in total. The van der Waals surface area contributed by atoms with Crippen molar-refractivity contribution < 1.29 is 4.74 Å². The number of rotatable bonds is 5. The number of benzene rings is 1. The number of nitrogens with one attached hydrogen (secondary N) is 2. The summed E-state index contributed by atoms with van der Waals surface area (Å²) in [6.07, 6.45) is 0. The molecule has 0 bridgehead atoms. The molecule has 1 saturated heterocycles. The Balaban J connectivity index is 1.40. The Labute approximate surface area is 172 Å². The van der Waals surface area contributed by atoms with Gasteiger partial charge in [0.15, 0.2) is 0 Å². The minimum absolute atomic E-state index is 0.613. The molecular weight excluding hydrogens is 384 g/mol. The Morgan fingerprint density at radius 1 is 1.14 bits per heavy atom. The molecule has 0 amide bonds. The molecule has 29 heavy (non-hydrogen) atoms. The Morgan fingerprint density at radius 3 is 2.79 bits per heavy atom. The highest BCUT2D eigenvalue weighted by atomic mass is 32.1. The lowest BCUT2D eigenvalue weighted by atomic mass is 10.2. The van der Waals surface area contributed by atoms with Crippen LogP contribution in [-0.4, -0.2) is 46.2 Å². The van der Waals surface area contributed by atoms with Gasteiger partial charge in [-0.25, -0.2) is 4.98 Å². The van der Waals surface area contributed by atoms with Gasteiger partial charge in [0.1, 0.15) is 16.5 Å². The summed E-state index contributed by atoms with van der Waals surface area (Å²) in [5.41, 5.74) is 4.06. The predicted molar refractivity (Wildman–Crippen MR) is 117 cm³/mol. The summed E-state index contributed by atoms with van der Waals surface area (Å²) in [5, 5.41) is 7.60. The average Bonchev–Trinajstić information content (AvgIpc) is 3.39. The molecule has 7 nitrogen and oxygen atoms in total. The molecule has 0 unspecified atom stereocenters. The van der Waals surface area contributed by atoms with Gasteiger partial charge in [-0.15, -0.1) is 11.3 Å². The fraction of sp³-hybridized carbons (Fsp3) is 0.286. The minimum atomic E-state index is 0.613. The zero-order valence-corrected chi connectivity index (χ0v) is 17.0. The van der Waals surface area contributed by atoms with E-state index in [-0.39, 0.29) is 0 Å². The van der Waals surface area contributed by atoms with Crippen molar-refractivity contribution in [1.29, 1.82) is 0 Å². The summed E-state index contributed by atoms with van der Waals surface area (Å²) in [5.74, 6) is 1.56. The van der Waals surface area contributed by atoms with Crippen molar-refractivity contribution in [2.45, 2.75) is 13.5 Å². The summed E-state index contributed by atoms with van der Waals surface area (Å²) in [6, 6.07) is 12.3. The molecule has 148 valence electrons. The number of nitrogens with zero attached hydrogens (tertiary/aromatic N) is 4. The smallest absolute Gasteiger partial charge is 0.229 e. The average molecular weight is 407 g/mol. The van der Waals surface area contributed by atoms with Crippen LogP contribution < -0.4 is 10.2 Å². The first kappa shape index (κ1) is 18.1. The largest absolute Gasteiger partial charge is 0.378 e. The number of hydrogen-bond donors (Lipinski definition) is 2. The van der Waals surface area contributed by atoms with Gasteiger partial charge in [0.2, 0.25) is 5.95 Å². The van der Waals surface area contributed by atoms with Crippen LogP contribution in [0.1, 0.15) is 11.4 Å². The molecule has 8 heteroatoms. The number of thiazole rings is 1. The third-order valence-corrected chi connectivity index (χ3v) is 5.85. The second-order valence-electron chi connectivity index (χ2n) is 7.05. The normalized spacial score (nSPS) is 14.4. The highest BCUT2D eigenvalue weighted by Crippen LogP contribution is 2.27. The number of aromatic amines is 1. The maximum absolute atomic E-state index is 5.46.